The smallest absolute Gasteiger partial charge is 0.135 e. The molecule has 0 unspecified atom stereocenters. The van der Waals surface area contributed by atoms with Crippen molar-refractivity contribution >= 4 is 5.78 Å². The lowest BCUT2D eigenvalue weighted by Crippen LogP contribution is -2.20. The Morgan fingerprint density at radius 3 is 1.56 bits per heavy atom. The van der Waals surface area contributed by atoms with E-state index in [1.165, 1.54) is 64.2 Å². The molecule has 0 radical (unpaired) electrons. The lowest BCUT2D eigenvalue weighted by Gasteiger charge is -2.20. The standard InChI is InChI=1S/C17H34O/c1-5-6-7-8-9-10-11-12-13-14-15-17(3,4)16(2)18/h5-15H2,1-4H3. The van der Waals surface area contributed by atoms with Crippen LogP contribution in [0.25, 0.3) is 0 Å². The van der Waals surface area contributed by atoms with E-state index in [4.69, 9.17) is 0 Å². The molecular weight excluding hydrogens is 220 g/mol. The number of hydrogen-bond donors (Lipinski definition) is 0. The van der Waals surface area contributed by atoms with Crippen LogP contribution in [0.4, 0.5) is 0 Å². The van der Waals surface area contributed by atoms with E-state index in [9.17, 15) is 4.79 Å². The van der Waals surface area contributed by atoms with E-state index in [0.29, 0.717) is 5.78 Å². The van der Waals surface area contributed by atoms with Gasteiger partial charge in [0, 0.05) is 5.41 Å². The highest BCUT2D eigenvalue weighted by molar-refractivity contribution is 5.81. The third-order valence-electron chi connectivity index (χ3n) is 4.11. The first kappa shape index (κ1) is 17.7. The van der Waals surface area contributed by atoms with E-state index < -0.39 is 0 Å². The monoisotopic (exact) mass is 254 g/mol. The average Bonchev–Trinajstić information content (AvgIpc) is 2.31. The number of unbranched alkanes of at least 4 members (excludes halogenated alkanes) is 9. The first-order valence-electron chi connectivity index (χ1n) is 8.01. The maximum atomic E-state index is 11.4. The van der Waals surface area contributed by atoms with Crippen molar-refractivity contribution in [1.29, 1.82) is 0 Å². The molecule has 0 aliphatic heterocycles. The molecule has 0 saturated heterocycles. The van der Waals surface area contributed by atoms with Gasteiger partial charge in [0.2, 0.25) is 0 Å². The molecule has 0 heterocycles. The number of carbonyl (C=O) groups is 1. The van der Waals surface area contributed by atoms with Crippen molar-refractivity contribution in [2.45, 2.75) is 98.3 Å². The second kappa shape index (κ2) is 10.6. The van der Waals surface area contributed by atoms with Crippen molar-refractivity contribution in [3.63, 3.8) is 0 Å². The molecule has 1 nitrogen and oxygen atoms in total. The number of rotatable bonds is 12. The fourth-order valence-electron chi connectivity index (χ4n) is 2.23. The summed E-state index contributed by atoms with van der Waals surface area (Å²) in [6.45, 7) is 8.13. The average molecular weight is 254 g/mol. The summed E-state index contributed by atoms with van der Waals surface area (Å²) in [5, 5.41) is 0. The van der Waals surface area contributed by atoms with Gasteiger partial charge in [0.05, 0.1) is 0 Å². The second-order valence-corrected chi connectivity index (χ2v) is 6.37. The third-order valence-corrected chi connectivity index (χ3v) is 4.11. The van der Waals surface area contributed by atoms with Crippen LogP contribution in [0.5, 0.6) is 0 Å². The molecule has 108 valence electrons. The molecule has 0 aromatic rings. The number of hydrogen-bond acceptors (Lipinski definition) is 1. The number of ketones is 1. The van der Waals surface area contributed by atoms with Gasteiger partial charge in [-0.3, -0.25) is 4.79 Å². The van der Waals surface area contributed by atoms with Crippen LogP contribution in [0.1, 0.15) is 98.3 Å². The molecule has 18 heavy (non-hydrogen) atoms. The fraction of sp³-hybridized carbons (Fsp3) is 0.941. The normalized spacial score (nSPS) is 11.8. The predicted molar refractivity (Wildman–Crippen MR) is 80.9 cm³/mol. The molecule has 1 heteroatoms. The first-order valence-corrected chi connectivity index (χ1v) is 8.01. The molecule has 0 saturated carbocycles. The summed E-state index contributed by atoms with van der Waals surface area (Å²) in [6.07, 6.45) is 14.7. The van der Waals surface area contributed by atoms with Gasteiger partial charge in [0.25, 0.3) is 0 Å². The fourth-order valence-corrected chi connectivity index (χ4v) is 2.23. The molecule has 0 aromatic carbocycles. The predicted octanol–water partition coefficient (Wildman–Crippen LogP) is 5.91. The van der Waals surface area contributed by atoms with Crippen LogP contribution in [0.2, 0.25) is 0 Å². The van der Waals surface area contributed by atoms with E-state index >= 15 is 0 Å². The summed E-state index contributed by atoms with van der Waals surface area (Å²) in [7, 11) is 0. The Bertz CT molecular complexity index is 206. The molecule has 0 amide bonds. The lowest BCUT2D eigenvalue weighted by atomic mass is 9.83. The minimum atomic E-state index is -0.0971. The highest BCUT2D eigenvalue weighted by Gasteiger charge is 2.22. The molecule has 0 N–H and O–H groups in total. The Kier molecular flexibility index (Phi) is 10.4. The Morgan fingerprint density at radius 1 is 0.778 bits per heavy atom. The summed E-state index contributed by atoms with van der Waals surface area (Å²) >= 11 is 0. The minimum Gasteiger partial charge on any atom is -0.299 e. The van der Waals surface area contributed by atoms with Gasteiger partial charge in [0.1, 0.15) is 5.78 Å². The van der Waals surface area contributed by atoms with Gasteiger partial charge >= 0.3 is 0 Å². The van der Waals surface area contributed by atoms with Crippen molar-refractivity contribution < 1.29 is 4.79 Å². The van der Waals surface area contributed by atoms with Gasteiger partial charge in [-0.25, -0.2) is 0 Å². The molecule has 0 spiro atoms. The van der Waals surface area contributed by atoms with Crippen LogP contribution in [-0.4, -0.2) is 5.78 Å². The lowest BCUT2D eigenvalue weighted by molar-refractivity contribution is -0.125. The van der Waals surface area contributed by atoms with Gasteiger partial charge in [0.15, 0.2) is 0 Å². The van der Waals surface area contributed by atoms with Gasteiger partial charge in [-0.05, 0) is 13.3 Å². The third kappa shape index (κ3) is 9.67. The molecule has 0 atom stereocenters. The Balaban J connectivity index is 3.24. The minimum absolute atomic E-state index is 0.0971. The maximum Gasteiger partial charge on any atom is 0.135 e. The quantitative estimate of drug-likeness (QED) is 0.395. The zero-order valence-corrected chi connectivity index (χ0v) is 13.2. The van der Waals surface area contributed by atoms with Crippen LogP contribution in [0, 0.1) is 5.41 Å². The second-order valence-electron chi connectivity index (χ2n) is 6.37. The Labute approximate surface area is 115 Å². The summed E-state index contributed by atoms with van der Waals surface area (Å²) < 4.78 is 0. The maximum absolute atomic E-state index is 11.4. The highest BCUT2D eigenvalue weighted by atomic mass is 16.1. The highest BCUT2D eigenvalue weighted by Crippen LogP contribution is 2.25. The Hall–Kier alpha value is -0.330. The van der Waals surface area contributed by atoms with E-state index in [-0.39, 0.29) is 5.41 Å². The first-order chi connectivity index (χ1) is 8.50. The van der Waals surface area contributed by atoms with Gasteiger partial charge < -0.3 is 0 Å². The molecule has 0 rings (SSSR count). The van der Waals surface area contributed by atoms with Crippen molar-refractivity contribution in [1.82, 2.24) is 0 Å². The van der Waals surface area contributed by atoms with Crippen LogP contribution in [-0.2, 0) is 4.79 Å². The van der Waals surface area contributed by atoms with Crippen molar-refractivity contribution in [3.8, 4) is 0 Å². The summed E-state index contributed by atoms with van der Waals surface area (Å²) in [5.41, 5.74) is -0.0971. The SMILES string of the molecule is CCCCCCCCCCCCC(C)(C)C(C)=O. The van der Waals surface area contributed by atoms with Crippen LogP contribution in [0.3, 0.4) is 0 Å². The van der Waals surface area contributed by atoms with Crippen LogP contribution < -0.4 is 0 Å². The topological polar surface area (TPSA) is 17.1 Å². The van der Waals surface area contributed by atoms with Gasteiger partial charge in [-0.15, -0.1) is 0 Å². The van der Waals surface area contributed by atoms with Gasteiger partial charge in [-0.1, -0.05) is 85.0 Å². The summed E-state index contributed by atoms with van der Waals surface area (Å²) in [6, 6.07) is 0. The summed E-state index contributed by atoms with van der Waals surface area (Å²) in [5.74, 6) is 0.332. The van der Waals surface area contributed by atoms with Crippen molar-refractivity contribution in [2.24, 2.45) is 5.41 Å². The molecule has 0 aromatic heterocycles. The number of Topliss-reactive ketones (excluding diaryl/α,β-unsaturated/α-hetero) is 1. The van der Waals surface area contributed by atoms with E-state index in [1.807, 2.05) is 0 Å². The van der Waals surface area contributed by atoms with Crippen molar-refractivity contribution in [2.75, 3.05) is 0 Å². The van der Waals surface area contributed by atoms with Crippen LogP contribution >= 0.6 is 0 Å². The van der Waals surface area contributed by atoms with Gasteiger partial charge in [-0.2, -0.15) is 0 Å². The van der Waals surface area contributed by atoms with Crippen molar-refractivity contribution in [3.05, 3.63) is 0 Å². The molecule has 0 fully saturated rings. The van der Waals surface area contributed by atoms with Crippen LogP contribution in [0.15, 0.2) is 0 Å². The summed E-state index contributed by atoms with van der Waals surface area (Å²) in [4.78, 5) is 11.4. The molecule has 0 aliphatic rings. The Morgan fingerprint density at radius 2 is 1.17 bits per heavy atom. The van der Waals surface area contributed by atoms with E-state index in [0.717, 1.165) is 6.42 Å². The number of carbonyl (C=O) groups excluding carboxylic acids is 1. The van der Waals surface area contributed by atoms with E-state index in [1.54, 1.807) is 6.92 Å². The zero-order valence-electron chi connectivity index (χ0n) is 13.2. The zero-order chi connectivity index (χ0) is 13.9. The van der Waals surface area contributed by atoms with E-state index in [2.05, 4.69) is 20.8 Å². The molecular formula is C17H34O. The molecule has 0 aliphatic carbocycles. The largest absolute Gasteiger partial charge is 0.299 e. The molecule has 0 bridgehead atoms.